The zero-order valence-corrected chi connectivity index (χ0v) is 15.3. The number of carbonyl (C=O) groups excluding carboxylic acids is 1. The molecule has 7 nitrogen and oxygen atoms in total. The number of hydrogen-bond donors (Lipinski definition) is 5. The van der Waals surface area contributed by atoms with Crippen LogP contribution >= 0.6 is 0 Å². The van der Waals surface area contributed by atoms with E-state index in [4.69, 9.17) is 5.73 Å². The van der Waals surface area contributed by atoms with Gasteiger partial charge in [0.2, 0.25) is 0 Å². The molecule has 1 amide bonds. The van der Waals surface area contributed by atoms with Crippen LogP contribution in [0.5, 0.6) is 17.2 Å². The fraction of sp³-hybridized carbons (Fsp3) is 0. The Kier molecular flexibility index (Phi) is 5.80. The molecule has 3 aromatic carbocycles. The third kappa shape index (κ3) is 5.14. The summed E-state index contributed by atoms with van der Waals surface area (Å²) in [5.74, 6) is -0.584. The normalized spacial score (nSPS) is 11.2. The van der Waals surface area contributed by atoms with E-state index in [1.807, 2.05) is 0 Å². The van der Waals surface area contributed by atoms with Crippen molar-refractivity contribution in [2.45, 2.75) is 0 Å². The summed E-state index contributed by atoms with van der Waals surface area (Å²) in [5.41, 5.74) is 10.5. The topological polar surface area (TPSA) is 128 Å². The summed E-state index contributed by atoms with van der Waals surface area (Å²) in [6, 6.07) is 15.5. The number of carbonyl (C=O) groups is 1. The van der Waals surface area contributed by atoms with E-state index < -0.39 is 5.91 Å². The molecular formula is C22H19N3O4. The molecule has 0 aliphatic carbocycles. The van der Waals surface area contributed by atoms with E-state index in [-0.39, 0.29) is 17.2 Å². The van der Waals surface area contributed by atoms with Crippen molar-refractivity contribution in [2.24, 2.45) is 5.10 Å². The van der Waals surface area contributed by atoms with Gasteiger partial charge in [-0.15, -0.1) is 0 Å². The Morgan fingerprint density at radius 1 is 0.897 bits per heavy atom. The minimum absolute atomic E-state index is 0.115. The van der Waals surface area contributed by atoms with Crippen LogP contribution in [0.25, 0.3) is 12.2 Å². The number of amides is 1. The second-order valence-corrected chi connectivity index (χ2v) is 6.21. The van der Waals surface area contributed by atoms with Crippen LogP contribution in [-0.2, 0) is 0 Å². The SMILES string of the molecule is Nc1ccc(C(=O)N/N=C\c2c(O)cc(O)cc2/C=C/c2ccc(O)cc2)cc1. The highest BCUT2D eigenvalue weighted by molar-refractivity contribution is 5.96. The zero-order chi connectivity index (χ0) is 20.8. The van der Waals surface area contributed by atoms with E-state index in [0.717, 1.165) is 5.56 Å². The van der Waals surface area contributed by atoms with E-state index in [9.17, 15) is 20.1 Å². The highest BCUT2D eigenvalue weighted by Crippen LogP contribution is 2.27. The lowest BCUT2D eigenvalue weighted by Crippen LogP contribution is -2.17. The number of hydrogen-bond acceptors (Lipinski definition) is 6. The molecule has 7 heteroatoms. The minimum atomic E-state index is -0.430. The number of hydrazone groups is 1. The van der Waals surface area contributed by atoms with E-state index in [1.54, 1.807) is 60.7 Å². The van der Waals surface area contributed by atoms with Crippen LogP contribution in [0.15, 0.2) is 65.8 Å². The Morgan fingerprint density at radius 3 is 2.28 bits per heavy atom. The summed E-state index contributed by atoms with van der Waals surface area (Å²) in [6.07, 6.45) is 4.72. The third-order valence-corrected chi connectivity index (χ3v) is 4.06. The van der Waals surface area contributed by atoms with E-state index in [2.05, 4.69) is 10.5 Å². The van der Waals surface area contributed by atoms with Gasteiger partial charge in [-0.2, -0.15) is 5.10 Å². The summed E-state index contributed by atoms with van der Waals surface area (Å²) in [5, 5.41) is 33.2. The second kappa shape index (κ2) is 8.62. The maximum absolute atomic E-state index is 12.1. The summed E-state index contributed by atoms with van der Waals surface area (Å²) in [6.45, 7) is 0. The van der Waals surface area contributed by atoms with Crippen molar-refractivity contribution in [3.63, 3.8) is 0 Å². The number of benzene rings is 3. The number of aromatic hydroxyl groups is 3. The standard InChI is InChI=1S/C22H19N3O4/c23-17-7-5-15(6-8-17)22(29)25-24-13-20-16(11-19(27)12-21(20)28)4-1-14-2-9-18(26)10-3-14/h1-13,26-28H,23H2,(H,25,29)/b4-1+,24-13-. The lowest BCUT2D eigenvalue weighted by molar-refractivity contribution is 0.0955. The van der Waals surface area contributed by atoms with Gasteiger partial charge in [0.15, 0.2) is 0 Å². The molecule has 0 aromatic heterocycles. The average Bonchev–Trinajstić information content (AvgIpc) is 2.69. The monoisotopic (exact) mass is 389 g/mol. The molecule has 0 atom stereocenters. The molecule has 0 unspecified atom stereocenters. The smallest absolute Gasteiger partial charge is 0.271 e. The molecule has 0 radical (unpaired) electrons. The Hall–Kier alpha value is -4.26. The lowest BCUT2D eigenvalue weighted by Gasteiger charge is -2.06. The van der Waals surface area contributed by atoms with Gasteiger partial charge in [0, 0.05) is 22.9 Å². The Bertz CT molecular complexity index is 1070. The molecule has 0 saturated heterocycles. The number of rotatable bonds is 5. The Balaban J connectivity index is 1.80. The fourth-order valence-corrected chi connectivity index (χ4v) is 2.55. The highest BCUT2D eigenvalue weighted by atomic mass is 16.3. The molecule has 6 N–H and O–H groups in total. The molecule has 0 fully saturated rings. The summed E-state index contributed by atoms with van der Waals surface area (Å²) in [7, 11) is 0. The molecule has 3 aromatic rings. The summed E-state index contributed by atoms with van der Waals surface area (Å²) in [4.78, 5) is 12.1. The first-order valence-electron chi connectivity index (χ1n) is 8.64. The molecule has 0 spiro atoms. The first-order valence-corrected chi connectivity index (χ1v) is 8.64. The van der Waals surface area contributed by atoms with Crippen molar-refractivity contribution >= 4 is 30.0 Å². The molecule has 29 heavy (non-hydrogen) atoms. The zero-order valence-electron chi connectivity index (χ0n) is 15.3. The number of nitrogen functional groups attached to an aromatic ring is 1. The first kappa shape index (κ1) is 19.5. The van der Waals surface area contributed by atoms with Gasteiger partial charge in [-0.1, -0.05) is 24.3 Å². The number of anilines is 1. The molecular weight excluding hydrogens is 370 g/mol. The molecule has 0 aliphatic rings. The first-order chi connectivity index (χ1) is 13.9. The Morgan fingerprint density at radius 2 is 1.59 bits per heavy atom. The molecule has 146 valence electrons. The van der Waals surface area contributed by atoms with Crippen molar-refractivity contribution < 1.29 is 20.1 Å². The van der Waals surface area contributed by atoms with Gasteiger partial charge in [0.25, 0.3) is 5.91 Å². The molecule has 0 bridgehead atoms. The van der Waals surface area contributed by atoms with Gasteiger partial charge < -0.3 is 21.1 Å². The van der Waals surface area contributed by atoms with Gasteiger partial charge in [0.05, 0.1) is 6.21 Å². The highest BCUT2D eigenvalue weighted by Gasteiger charge is 2.08. The average molecular weight is 389 g/mol. The maximum Gasteiger partial charge on any atom is 0.271 e. The molecule has 0 aliphatic heterocycles. The van der Waals surface area contributed by atoms with E-state index >= 15 is 0 Å². The largest absolute Gasteiger partial charge is 0.508 e. The number of phenols is 3. The van der Waals surface area contributed by atoms with E-state index in [1.165, 1.54) is 18.3 Å². The van der Waals surface area contributed by atoms with Crippen molar-refractivity contribution in [3.05, 3.63) is 82.9 Å². The Labute approximate surface area is 167 Å². The predicted molar refractivity (Wildman–Crippen MR) is 113 cm³/mol. The number of nitrogens with one attached hydrogen (secondary N) is 1. The van der Waals surface area contributed by atoms with Crippen molar-refractivity contribution in [3.8, 4) is 17.2 Å². The molecule has 0 heterocycles. The van der Waals surface area contributed by atoms with Crippen LogP contribution in [0.2, 0.25) is 0 Å². The maximum atomic E-state index is 12.1. The number of nitrogens with zero attached hydrogens (tertiary/aromatic N) is 1. The summed E-state index contributed by atoms with van der Waals surface area (Å²) >= 11 is 0. The van der Waals surface area contributed by atoms with Gasteiger partial charge in [-0.05, 0) is 53.6 Å². The van der Waals surface area contributed by atoms with Crippen LogP contribution in [0.4, 0.5) is 5.69 Å². The van der Waals surface area contributed by atoms with Crippen molar-refractivity contribution in [1.82, 2.24) is 5.43 Å². The van der Waals surface area contributed by atoms with Gasteiger partial charge in [-0.3, -0.25) is 4.79 Å². The van der Waals surface area contributed by atoms with Gasteiger partial charge in [0.1, 0.15) is 17.2 Å². The van der Waals surface area contributed by atoms with Crippen LogP contribution < -0.4 is 11.2 Å². The summed E-state index contributed by atoms with van der Waals surface area (Å²) < 4.78 is 0. The van der Waals surface area contributed by atoms with Crippen molar-refractivity contribution in [2.75, 3.05) is 5.73 Å². The fourth-order valence-electron chi connectivity index (χ4n) is 2.55. The number of phenolic OH excluding ortho intramolecular Hbond substituents is 3. The van der Waals surface area contributed by atoms with Gasteiger partial charge in [-0.25, -0.2) is 5.43 Å². The van der Waals surface area contributed by atoms with Gasteiger partial charge >= 0.3 is 0 Å². The van der Waals surface area contributed by atoms with E-state index in [0.29, 0.717) is 22.4 Å². The van der Waals surface area contributed by atoms with Crippen LogP contribution in [0.3, 0.4) is 0 Å². The minimum Gasteiger partial charge on any atom is -0.508 e. The molecule has 0 saturated carbocycles. The van der Waals surface area contributed by atoms with Crippen LogP contribution in [0.1, 0.15) is 27.0 Å². The predicted octanol–water partition coefficient (Wildman–Crippen LogP) is 3.32. The number of nitrogens with two attached hydrogens (primary N) is 1. The quantitative estimate of drug-likeness (QED) is 0.198. The van der Waals surface area contributed by atoms with Crippen molar-refractivity contribution in [1.29, 1.82) is 0 Å². The molecule has 3 rings (SSSR count). The third-order valence-electron chi connectivity index (χ3n) is 4.06. The van der Waals surface area contributed by atoms with Crippen LogP contribution in [0, 0.1) is 0 Å². The lowest BCUT2D eigenvalue weighted by atomic mass is 10.0. The second-order valence-electron chi connectivity index (χ2n) is 6.21. The van der Waals surface area contributed by atoms with Crippen LogP contribution in [-0.4, -0.2) is 27.4 Å².